The molecule has 1 amide bonds. The van der Waals surface area contributed by atoms with Crippen molar-refractivity contribution >= 4 is 5.91 Å². The number of amides is 1. The van der Waals surface area contributed by atoms with E-state index >= 15 is 0 Å². The molecule has 0 aromatic rings. The standard InChI is InChI=1S/C8H17N3O/c1-6-8(12)11(5-4-10-6)7(2)9-3/h6-7,9-10H,4-5H2,1-3H3. The van der Waals surface area contributed by atoms with Crippen LogP contribution in [0.25, 0.3) is 0 Å². The monoisotopic (exact) mass is 171 g/mol. The van der Waals surface area contributed by atoms with E-state index in [2.05, 4.69) is 10.6 Å². The van der Waals surface area contributed by atoms with E-state index in [1.54, 1.807) is 0 Å². The zero-order valence-electron chi connectivity index (χ0n) is 7.92. The van der Waals surface area contributed by atoms with E-state index in [0.717, 1.165) is 13.1 Å². The Balaban J connectivity index is 2.57. The van der Waals surface area contributed by atoms with E-state index in [0.29, 0.717) is 0 Å². The van der Waals surface area contributed by atoms with Gasteiger partial charge in [-0.25, -0.2) is 0 Å². The summed E-state index contributed by atoms with van der Waals surface area (Å²) >= 11 is 0. The Labute approximate surface area is 73.3 Å². The van der Waals surface area contributed by atoms with Gasteiger partial charge in [-0.05, 0) is 20.9 Å². The van der Waals surface area contributed by atoms with Crippen molar-refractivity contribution in [3.63, 3.8) is 0 Å². The van der Waals surface area contributed by atoms with Crippen LogP contribution in [0.4, 0.5) is 0 Å². The fourth-order valence-corrected chi connectivity index (χ4v) is 1.39. The molecule has 4 nitrogen and oxygen atoms in total. The molecule has 0 aliphatic carbocycles. The molecular formula is C8H17N3O. The highest BCUT2D eigenvalue weighted by molar-refractivity contribution is 5.82. The average Bonchev–Trinajstić information content (AvgIpc) is 2.08. The minimum atomic E-state index is -0.0328. The molecule has 2 atom stereocenters. The Kier molecular flexibility index (Phi) is 3.05. The predicted molar refractivity (Wildman–Crippen MR) is 47.7 cm³/mol. The van der Waals surface area contributed by atoms with Crippen LogP contribution >= 0.6 is 0 Å². The second-order valence-corrected chi connectivity index (χ2v) is 3.17. The molecule has 0 spiro atoms. The lowest BCUT2D eigenvalue weighted by molar-refractivity contribution is -0.137. The van der Waals surface area contributed by atoms with Gasteiger partial charge < -0.3 is 15.5 Å². The predicted octanol–water partition coefficient (Wildman–Crippen LogP) is -0.628. The van der Waals surface area contributed by atoms with E-state index in [-0.39, 0.29) is 18.1 Å². The number of nitrogens with zero attached hydrogens (tertiary/aromatic N) is 1. The van der Waals surface area contributed by atoms with Crippen LogP contribution in [0.5, 0.6) is 0 Å². The zero-order chi connectivity index (χ0) is 9.14. The lowest BCUT2D eigenvalue weighted by atomic mass is 10.2. The highest BCUT2D eigenvalue weighted by atomic mass is 16.2. The molecular weight excluding hydrogens is 154 g/mol. The molecule has 2 N–H and O–H groups in total. The maximum atomic E-state index is 11.5. The summed E-state index contributed by atoms with van der Waals surface area (Å²) in [6.45, 7) is 5.58. The third-order valence-corrected chi connectivity index (χ3v) is 2.34. The first kappa shape index (κ1) is 9.48. The van der Waals surface area contributed by atoms with Crippen LogP contribution in [0.1, 0.15) is 13.8 Å². The van der Waals surface area contributed by atoms with Gasteiger partial charge in [0.1, 0.15) is 0 Å². The van der Waals surface area contributed by atoms with E-state index in [1.165, 1.54) is 0 Å². The number of rotatable bonds is 2. The van der Waals surface area contributed by atoms with E-state index in [1.807, 2.05) is 25.8 Å². The lowest BCUT2D eigenvalue weighted by Gasteiger charge is -2.35. The molecule has 2 unspecified atom stereocenters. The number of hydrogen-bond donors (Lipinski definition) is 2. The number of carbonyl (C=O) groups is 1. The van der Waals surface area contributed by atoms with E-state index in [9.17, 15) is 4.79 Å². The van der Waals surface area contributed by atoms with Crippen LogP contribution in [0, 0.1) is 0 Å². The second kappa shape index (κ2) is 3.87. The van der Waals surface area contributed by atoms with Gasteiger partial charge in [0.05, 0.1) is 12.2 Å². The first-order chi connectivity index (χ1) is 5.66. The van der Waals surface area contributed by atoms with Crippen molar-refractivity contribution in [2.75, 3.05) is 20.1 Å². The summed E-state index contributed by atoms with van der Waals surface area (Å²) < 4.78 is 0. The molecule has 70 valence electrons. The summed E-state index contributed by atoms with van der Waals surface area (Å²) in [6, 6.07) is -0.0328. The van der Waals surface area contributed by atoms with Gasteiger partial charge in [0.25, 0.3) is 0 Å². The first-order valence-electron chi connectivity index (χ1n) is 4.38. The summed E-state index contributed by atoms with van der Waals surface area (Å²) in [5.74, 6) is 0.183. The Hall–Kier alpha value is -0.610. The van der Waals surface area contributed by atoms with Gasteiger partial charge in [-0.2, -0.15) is 0 Å². The van der Waals surface area contributed by atoms with Gasteiger partial charge in [-0.15, -0.1) is 0 Å². The highest BCUT2D eigenvalue weighted by Crippen LogP contribution is 2.03. The highest BCUT2D eigenvalue weighted by Gasteiger charge is 2.27. The number of carbonyl (C=O) groups excluding carboxylic acids is 1. The van der Waals surface area contributed by atoms with Crippen molar-refractivity contribution in [1.82, 2.24) is 15.5 Å². The Bertz CT molecular complexity index is 172. The molecule has 0 saturated carbocycles. The van der Waals surface area contributed by atoms with Gasteiger partial charge in [-0.1, -0.05) is 0 Å². The quantitative estimate of drug-likeness (QED) is 0.581. The van der Waals surface area contributed by atoms with Crippen LogP contribution in [0.3, 0.4) is 0 Å². The van der Waals surface area contributed by atoms with Crippen LogP contribution in [-0.2, 0) is 4.79 Å². The van der Waals surface area contributed by atoms with Crippen molar-refractivity contribution in [2.24, 2.45) is 0 Å². The number of nitrogens with one attached hydrogen (secondary N) is 2. The van der Waals surface area contributed by atoms with Crippen molar-refractivity contribution in [3.8, 4) is 0 Å². The third-order valence-electron chi connectivity index (χ3n) is 2.34. The SMILES string of the molecule is CNC(C)N1CCNC(C)C1=O. The Morgan fingerprint density at radius 3 is 3.00 bits per heavy atom. The molecule has 0 aromatic heterocycles. The van der Waals surface area contributed by atoms with Crippen LogP contribution < -0.4 is 10.6 Å². The molecule has 1 aliphatic rings. The molecule has 4 heteroatoms. The van der Waals surface area contributed by atoms with Gasteiger partial charge in [0, 0.05) is 13.1 Å². The molecule has 1 rings (SSSR count). The molecule has 1 saturated heterocycles. The lowest BCUT2D eigenvalue weighted by Crippen LogP contribution is -2.58. The smallest absolute Gasteiger partial charge is 0.240 e. The second-order valence-electron chi connectivity index (χ2n) is 3.17. The van der Waals surface area contributed by atoms with Gasteiger partial charge in [0.2, 0.25) is 5.91 Å². The molecule has 0 bridgehead atoms. The average molecular weight is 171 g/mol. The van der Waals surface area contributed by atoms with Gasteiger partial charge in [-0.3, -0.25) is 4.79 Å². The summed E-state index contributed by atoms with van der Waals surface area (Å²) in [6.07, 6.45) is 0.141. The van der Waals surface area contributed by atoms with Crippen LogP contribution in [0.2, 0.25) is 0 Å². The van der Waals surface area contributed by atoms with Crippen molar-refractivity contribution < 1.29 is 4.79 Å². The van der Waals surface area contributed by atoms with Crippen LogP contribution in [-0.4, -0.2) is 43.2 Å². The van der Waals surface area contributed by atoms with Crippen molar-refractivity contribution in [1.29, 1.82) is 0 Å². The minimum Gasteiger partial charge on any atom is -0.325 e. The van der Waals surface area contributed by atoms with Crippen LogP contribution in [0.15, 0.2) is 0 Å². The first-order valence-corrected chi connectivity index (χ1v) is 4.38. The summed E-state index contributed by atoms with van der Waals surface area (Å²) in [5.41, 5.74) is 0. The zero-order valence-corrected chi connectivity index (χ0v) is 7.92. The summed E-state index contributed by atoms with van der Waals surface area (Å²) in [4.78, 5) is 13.4. The number of hydrogen-bond acceptors (Lipinski definition) is 3. The van der Waals surface area contributed by atoms with E-state index in [4.69, 9.17) is 0 Å². The molecule has 1 heterocycles. The molecule has 0 aromatic carbocycles. The molecule has 1 aliphatic heterocycles. The third kappa shape index (κ3) is 1.76. The van der Waals surface area contributed by atoms with Gasteiger partial charge >= 0.3 is 0 Å². The molecule has 1 fully saturated rings. The maximum absolute atomic E-state index is 11.5. The van der Waals surface area contributed by atoms with Gasteiger partial charge in [0.15, 0.2) is 0 Å². The largest absolute Gasteiger partial charge is 0.325 e. The maximum Gasteiger partial charge on any atom is 0.240 e. The summed E-state index contributed by atoms with van der Waals surface area (Å²) in [7, 11) is 1.87. The molecule has 12 heavy (non-hydrogen) atoms. The van der Waals surface area contributed by atoms with Crippen molar-refractivity contribution in [3.05, 3.63) is 0 Å². The fraction of sp³-hybridized carbons (Fsp3) is 0.875. The normalized spacial score (nSPS) is 27.4. The fourth-order valence-electron chi connectivity index (χ4n) is 1.39. The Morgan fingerprint density at radius 2 is 2.42 bits per heavy atom. The minimum absolute atomic E-state index is 0.0328. The summed E-state index contributed by atoms with van der Waals surface area (Å²) in [5, 5.41) is 6.18. The topological polar surface area (TPSA) is 44.4 Å². The number of piperazine rings is 1. The Morgan fingerprint density at radius 1 is 1.75 bits per heavy atom. The van der Waals surface area contributed by atoms with E-state index < -0.39 is 0 Å². The van der Waals surface area contributed by atoms with Crippen molar-refractivity contribution in [2.45, 2.75) is 26.1 Å². The molecule has 0 radical (unpaired) electrons.